The second kappa shape index (κ2) is 6.81. The van der Waals surface area contributed by atoms with E-state index < -0.39 is 10.0 Å². The molecule has 0 aromatic heterocycles. The maximum atomic E-state index is 13.1. The van der Waals surface area contributed by atoms with Crippen molar-refractivity contribution in [3.8, 4) is 0 Å². The third-order valence-corrected chi connectivity index (χ3v) is 7.28. The summed E-state index contributed by atoms with van der Waals surface area (Å²) in [4.78, 5) is 14.9. The number of rotatable bonds is 4. The Hall–Kier alpha value is -2.54. The Morgan fingerprint density at radius 3 is 2.36 bits per heavy atom. The molecule has 0 bridgehead atoms. The molecule has 1 aliphatic carbocycles. The van der Waals surface area contributed by atoms with Gasteiger partial charge >= 0.3 is 6.03 Å². The van der Waals surface area contributed by atoms with Crippen molar-refractivity contribution in [3.63, 3.8) is 0 Å². The Kier molecular flexibility index (Phi) is 4.57. The van der Waals surface area contributed by atoms with Gasteiger partial charge in [-0.1, -0.05) is 48.9 Å². The smallest absolute Gasteiger partial charge is 0.316 e. The van der Waals surface area contributed by atoms with Crippen LogP contribution in [0.15, 0.2) is 54.6 Å². The Balaban J connectivity index is 1.58. The van der Waals surface area contributed by atoms with Crippen LogP contribution < -0.4 is 9.62 Å². The molecule has 4 rings (SSSR count). The van der Waals surface area contributed by atoms with Gasteiger partial charge in [0.2, 0.25) is 10.0 Å². The van der Waals surface area contributed by atoms with Gasteiger partial charge in [-0.05, 0) is 30.5 Å². The first-order valence-corrected chi connectivity index (χ1v) is 11.3. The van der Waals surface area contributed by atoms with E-state index in [1.54, 1.807) is 24.3 Å². The van der Waals surface area contributed by atoms with Gasteiger partial charge in [-0.2, -0.15) is 0 Å². The number of para-hydroxylation sites is 2. The molecule has 1 saturated carbocycles. The first-order chi connectivity index (χ1) is 13.3. The molecule has 1 spiro atoms. The first-order valence-electron chi connectivity index (χ1n) is 9.47. The van der Waals surface area contributed by atoms with Crippen LogP contribution in [0.5, 0.6) is 0 Å². The van der Waals surface area contributed by atoms with Gasteiger partial charge < -0.3 is 10.2 Å². The summed E-state index contributed by atoms with van der Waals surface area (Å²) in [6.07, 6.45) is 4.64. The van der Waals surface area contributed by atoms with Crippen LogP contribution in [0.4, 0.5) is 16.2 Å². The Labute approximate surface area is 166 Å². The lowest BCUT2D eigenvalue weighted by molar-refractivity contribution is -0.0969. The first kappa shape index (κ1) is 18.8. The molecule has 1 aliphatic heterocycles. The molecule has 28 heavy (non-hydrogen) atoms. The lowest BCUT2D eigenvalue weighted by atomic mass is 9.56. The van der Waals surface area contributed by atoms with Gasteiger partial charge in [-0.3, -0.25) is 4.31 Å². The van der Waals surface area contributed by atoms with Crippen molar-refractivity contribution in [2.45, 2.75) is 25.3 Å². The molecule has 2 amide bonds. The average Bonchev–Trinajstić information content (AvgIpc) is 2.60. The van der Waals surface area contributed by atoms with E-state index in [9.17, 15) is 13.2 Å². The largest absolute Gasteiger partial charge is 0.322 e. The number of benzene rings is 2. The predicted octanol–water partition coefficient (Wildman–Crippen LogP) is 3.84. The topological polar surface area (TPSA) is 69.7 Å². The highest BCUT2D eigenvalue weighted by Crippen LogP contribution is 2.60. The zero-order valence-corrected chi connectivity index (χ0v) is 16.9. The van der Waals surface area contributed by atoms with Crippen LogP contribution in [0.3, 0.4) is 0 Å². The van der Waals surface area contributed by atoms with Crippen LogP contribution >= 0.6 is 0 Å². The number of likely N-dealkylation sites (tertiary alicyclic amines) is 1. The van der Waals surface area contributed by atoms with Crippen LogP contribution in [-0.2, 0) is 10.0 Å². The highest BCUT2D eigenvalue weighted by molar-refractivity contribution is 7.92. The third-order valence-electron chi connectivity index (χ3n) is 6.08. The normalized spacial score (nSPS) is 20.2. The second-order valence-corrected chi connectivity index (χ2v) is 9.85. The van der Waals surface area contributed by atoms with Gasteiger partial charge in [0.05, 0.1) is 23.7 Å². The molecule has 2 aliphatic rings. The summed E-state index contributed by atoms with van der Waals surface area (Å²) in [5, 5.41) is 2.93. The van der Waals surface area contributed by atoms with E-state index in [4.69, 9.17) is 0 Å². The second-order valence-electron chi connectivity index (χ2n) is 7.83. The van der Waals surface area contributed by atoms with E-state index in [1.165, 1.54) is 17.8 Å². The summed E-state index contributed by atoms with van der Waals surface area (Å²) in [7, 11) is -1.94. The molecular weight excluding hydrogens is 374 g/mol. The number of sulfonamides is 1. The van der Waals surface area contributed by atoms with E-state index in [1.807, 2.05) is 23.1 Å². The maximum Gasteiger partial charge on any atom is 0.322 e. The molecule has 0 radical (unpaired) electrons. The zero-order chi connectivity index (χ0) is 19.9. The highest BCUT2D eigenvalue weighted by atomic mass is 32.2. The van der Waals surface area contributed by atoms with Crippen LogP contribution in [0.1, 0.15) is 30.9 Å². The van der Waals surface area contributed by atoms with Crippen molar-refractivity contribution < 1.29 is 13.2 Å². The van der Waals surface area contributed by atoms with E-state index in [0.29, 0.717) is 11.4 Å². The lowest BCUT2D eigenvalue weighted by Crippen LogP contribution is -2.64. The summed E-state index contributed by atoms with van der Waals surface area (Å²) in [5.41, 5.74) is 2.29. The summed E-state index contributed by atoms with van der Waals surface area (Å²) in [6, 6.07) is 17.0. The lowest BCUT2D eigenvalue weighted by Gasteiger charge is -2.62. The monoisotopic (exact) mass is 399 g/mol. The zero-order valence-electron chi connectivity index (χ0n) is 16.1. The molecule has 1 heterocycles. The van der Waals surface area contributed by atoms with Crippen LogP contribution in [0.2, 0.25) is 0 Å². The molecule has 1 atom stereocenters. The summed E-state index contributed by atoms with van der Waals surface area (Å²) >= 11 is 0. The molecule has 1 saturated heterocycles. The molecule has 2 aromatic carbocycles. The Morgan fingerprint density at radius 2 is 1.75 bits per heavy atom. The maximum absolute atomic E-state index is 13.1. The Bertz CT molecular complexity index is 987. The Morgan fingerprint density at radius 1 is 1.11 bits per heavy atom. The van der Waals surface area contributed by atoms with E-state index in [0.717, 1.165) is 31.2 Å². The highest BCUT2D eigenvalue weighted by Gasteiger charge is 2.57. The SMILES string of the molecule is CN(c1ccccc1NC(=O)N1CC2(CCC2)C1c1ccccc1)S(C)(=O)=O. The van der Waals surface area contributed by atoms with Crippen molar-refractivity contribution in [3.05, 3.63) is 60.2 Å². The van der Waals surface area contributed by atoms with Crippen molar-refractivity contribution in [1.29, 1.82) is 0 Å². The number of anilines is 2. The standard InChI is InChI=1S/C21H25N3O3S/c1-23(28(2,26)27)18-12-7-6-11-17(18)22-20(25)24-15-21(13-8-14-21)19(24)16-9-4-3-5-10-16/h3-7,9-12,19H,8,13-15H2,1-2H3,(H,22,25). The number of hydrogen-bond acceptors (Lipinski definition) is 3. The minimum atomic E-state index is -3.42. The van der Waals surface area contributed by atoms with Gasteiger partial charge in [0.1, 0.15) is 0 Å². The van der Waals surface area contributed by atoms with Gasteiger partial charge in [0.25, 0.3) is 0 Å². The minimum Gasteiger partial charge on any atom is -0.316 e. The number of urea groups is 1. The van der Waals surface area contributed by atoms with Gasteiger partial charge in [-0.25, -0.2) is 13.2 Å². The van der Waals surface area contributed by atoms with Crippen molar-refractivity contribution in [2.24, 2.45) is 5.41 Å². The number of hydrogen-bond donors (Lipinski definition) is 1. The number of amides is 2. The summed E-state index contributed by atoms with van der Waals surface area (Å²) < 4.78 is 25.1. The van der Waals surface area contributed by atoms with Crippen molar-refractivity contribution in [1.82, 2.24) is 4.90 Å². The fraction of sp³-hybridized carbons (Fsp3) is 0.381. The molecule has 6 nitrogen and oxygen atoms in total. The van der Waals surface area contributed by atoms with Crippen LogP contribution in [0, 0.1) is 5.41 Å². The van der Waals surface area contributed by atoms with Crippen LogP contribution in [0.25, 0.3) is 0 Å². The minimum absolute atomic E-state index is 0.0715. The molecule has 1 N–H and O–H groups in total. The fourth-order valence-electron chi connectivity index (χ4n) is 4.38. The molecule has 2 aromatic rings. The number of carbonyl (C=O) groups is 1. The number of nitrogens with zero attached hydrogens (tertiary/aromatic N) is 2. The molecule has 148 valence electrons. The van der Waals surface area contributed by atoms with Gasteiger partial charge in [-0.15, -0.1) is 0 Å². The van der Waals surface area contributed by atoms with E-state index in [-0.39, 0.29) is 17.5 Å². The predicted molar refractivity (Wildman–Crippen MR) is 111 cm³/mol. The van der Waals surface area contributed by atoms with Crippen LogP contribution in [-0.4, -0.2) is 39.2 Å². The summed E-state index contributed by atoms with van der Waals surface area (Å²) in [5.74, 6) is 0. The number of nitrogens with one attached hydrogen (secondary N) is 1. The van der Waals surface area contributed by atoms with Crippen molar-refractivity contribution in [2.75, 3.05) is 29.5 Å². The third kappa shape index (κ3) is 3.13. The molecule has 2 fully saturated rings. The van der Waals surface area contributed by atoms with Gasteiger partial charge in [0, 0.05) is 19.0 Å². The molecule has 1 unspecified atom stereocenters. The van der Waals surface area contributed by atoms with Crippen molar-refractivity contribution >= 4 is 27.4 Å². The van der Waals surface area contributed by atoms with E-state index >= 15 is 0 Å². The number of carbonyl (C=O) groups excluding carboxylic acids is 1. The van der Waals surface area contributed by atoms with E-state index in [2.05, 4.69) is 17.4 Å². The molecule has 7 heteroatoms. The fourth-order valence-corrected chi connectivity index (χ4v) is 4.89. The summed E-state index contributed by atoms with van der Waals surface area (Å²) in [6.45, 7) is 0.739. The average molecular weight is 400 g/mol. The van der Waals surface area contributed by atoms with Gasteiger partial charge in [0.15, 0.2) is 0 Å². The molecular formula is C21H25N3O3S. The quantitative estimate of drug-likeness (QED) is 0.849.